The molecule has 0 saturated heterocycles. The molecule has 0 saturated carbocycles. The zero-order valence-electron chi connectivity index (χ0n) is 11.0. The molecule has 1 N–H and O–H groups in total. The second-order valence-corrected chi connectivity index (χ2v) is 5.22. The predicted octanol–water partition coefficient (Wildman–Crippen LogP) is 1.94. The minimum atomic E-state index is -0.409. The van der Waals surface area contributed by atoms with Crippen molar-refractivity contribution in [3.8, 4) is 5.69 Å². The van der Waals surface area contributed by atoms with Gasteiger partial charge in [-0.3, -0.25) is 0 Å². The van der Waals surface area contributed by atoms with Crippen LogP contribution in [0.1, 0.15) is 5.69 Å². The van der Waals surface area contributed by atoms with E-state index in [1.54, 1.807) is 32.4 Å². The molecule has 8 heteroatoms. The van der Waals surface area contributed by atoms with E-state index in [0.717, 1.165) is 0 Å². The van der Waals surface area contributed by atoms with Gasteiger partial charge in [0.05, 0.1) is 12.7 Å². The van der Waals surface area contributed by atoms with Gasteiger partial charge < -0.3 is 10.2 Å². The van der Waals surface area contributed by atoms with Gasteiger partial charge in [-0.2, -0.15) is 0 Å². The quantitative estimate of drug-likeness (QED) is 0.927. The van der Waals surface area contributed by atoms with E-state index in [9.17, 15) is 9.18 Å². The van der Waals surface area contributed by atoms with E-state index in [-0.39, 0.29) is 12.6 Å². The maximum Gasteiger partial charge on any atom is 0.317 e. The molecule has 0 bridgehead atoms. The van der Waals surface area contributed by atoms with E-state index < -0.39 is 5.82 Å². The van der Waals surface area contributed by atoms with Crippen LogP contribution in [-0.4, -0.2) is 40.0 Å². The van der Waals surface area contributed by atoms with E-state index in [4.69, 9.17) is 0 Å². The van der Waals surface area contributed by atoms with Gasteiger partial charge in [0, 0.05) is 18.6 Å². The predicted molar refractivity (Wildman–Crippen MR) is 74.9 cm³/mol. The molecule has 0 aliphatic carbocycles. The molecule has 0 radical (unpaired) electrons. The number of rotatable bonds is 3. The largest absolute Gasteiger partial charge is 0.332 e. The van der Waals surface area contributed by atoms with Crippen molar-refractivity contribution in [1.29, 1.82) is 0 Å². The molecule has 106 valence electrons. The highest BCUT2D eigenvalue weighted by Gasteiger charge is 2.09. The summed E-state index contributed by atoms with van der Waals surface area (Å²) in [4.78, 5) is 12.8. The van der Waals surface area contributed by atoms with Crippen molar-refractivity contribution in [3.05, 3.63) is 40.4 Å². The minimum absolute atomic E-state index is 0.227. The highest BCUT2D eigenvalue weighted by atomic mass is 79.9. The fraction of sp³-hybridized carbons (Fsp3) is 0.250. The lowest BCUT2D eigenvalue weighted by atomic mass is 10.3. The summed E-state index contributed by atoms with van der Waals surface area (Å²) in [7, 11) is 3.28. The third kappa shape index (κ3) is 3.32. The van der Waals surface area contributed by atoms with Crippen molar-refractivity contribution in [1.82, 2.24) is 25.2 Å². The molecule has 0 fully saturated rings. The van der Waals surface area contributed by atoms with Crippen LogP contribution in [0.3, 0.4) is 0 Å². The number of carbonyl (C=O) groups is 1. The van der Waals surface area contributed by atoms with Crippen LogP contribution in [0.5, 0.6) is 0 Å². The summed E-state index contributed by atoms with van der Waals surface area (Å²) in [5.41, 5.74) is 0.841. The van der Waals surface area contributed by atoms with Crippen LogP contribution in [0.2, 0.25) is 0 Å². The van der Waals surface area contributed by atoms with Crippen LogP contribution >= 0.6 is 15.9 Å². The number of nitrogens with zero attached hydrogens (tertiary/aromatic N) is 4. The van der Waals surface area contributed by atoms with Crippen LogP contribution in [0.15, 0.2) is 28.9 Å². The van der Waals surface area contributed by atoms with Crippen molar-refractivity contribution < 1.29 is 9.18 Å². The number of amides is 2. The summed E-state index contributed by atoms with van der Waals surface area (Å²) in [6.45, 7) is 0.231. The van der Waals surface area contributed by atoms with Crippen molar-refractivity contribution in [3.63, 3.8) is 0 Å². The molecule has 1 heterocycles. The number of hydrogen-bond acceptors (Lipinski definition) is 3. The summed E-state index contributed by atoms with van der Waals surface area (Å²) in [5, 5.41) is 10.4. The first-order valence-corrected chi connectivity index (χ1v) is 6.58. The molecule has 6 nitrogen and oxygen atoms in total. The van der Waals surface area contributed by atoms with Gasteiger partial charge in [-0.1, -0.05) is 21.1 Å². The Morgan fingerprint density at radius 2 is 2.25 bits per heavy atom. The summed E-state index contributed by atoms with van der Waals surface area (Å²) < 4.78 is 15.8. The molecule has 0 unspecified atom stereocenters. The van der Waals surface area contributed by atoms with Gasteiger partial charge in [0.1, 0.15) is 17.2 Å². The van der Waals surface area contributed by atoms with E-state index >= 15 is 0 Å². The van der Waals surface area contributed by atoms with Crippen LogP contribution in [-0.2, 0) is 6.54 Å². The summed E-state index contributed by atoms with van der Waals surface area (Å²) in [6, 6.07) is 4.43. The van der Waals surface area contributed by atoms with Gasteiger partial charge in [-0.15, -0.1) is 5.10 Å². The maximum atomic E-state index is 13.8. The Bertz CT molecular complexity index is 628. The van der Waals surface area contributed by atoms with Crippen molar-refractivity contribution in [2.24, 2.45) is 0 Å². The molecule has 1 aromatic heterocycles. The molecule has 2 amide bonds. The zero-order chi connectivity index (χ0) is 14.7. The van der Waals surface area contributed by atoms with Crippen molar-refractivity contribution >= 4 is 22.0 Å². The smallest absolute Gasteiger partial charge is 0.317 e. The van der Waals surface area contributed by atoms with E-state index in [2.05, 4.69) is 31.6 Å². The molecule has 2 rings (SSSR count). The number of urea groups is 1. The van der Waals surface area contributed by atoms with Gasteiger partial charge >= 0.3 is 6.03 Å². The van der Waals surface area contributed by atoms with E-state index in [1.165, 1.54) is 15.6 Å². The molecular weight excluding hydrogens is 329 g/mol. The summed E-state index contributed by atoms with van der Waals surface area (Å²) in [5.74, 6) is -0.409. The monoisotopic (exact) mass is 341 g/mol. The Morgan fingerprint density at radius 3 is 2.90 bits per heavy atom. The second-order valence-electron chi connectivity index (χ2n) is 4.30. The Kier molecular flexibility index (Phi) is 4.33. The number of aromatic nitrogens is 3. The van der Waals surface area contributed by atoms with Crippen molar-refractivity contribution in [2.75, 3.05) is 14.1 Å². The average Bonchev–Trinajstić information content (AvgIpc) is 2.84. The lowest BCUT2D eigenvalue weighted by molar-refractivity contribution is 0.217. The lowest BCUT2D eigenvalue weighted by Crippen LogP contribution is -2.34. The van der Waals surface area contributed by atoms with Crippen LogP contribution < -0.4 is 5.32 Å². The molecular formula is C12H13BrFN5O. The number of carbonyl (C=O) groups excluding carboxylic acids is 1. The van der Waals surface area contributed by atoms with Gasteiger partial charge in [-0.25, -0.2) is 13.9 Å². The highest BCUT2D eigenvalue weighted by Crippen LogP contribution is 2.18. The summed E-state index contributed by atoms with van der Waals surface area (Å²) in [6.07, 6.45) is 1.57. The third-order valence-electron chi connectivity index (χ3n) is 2.52. The first-order chi connectivity index (χ1) is 9.47. The topological polar surface area (TPSA) is 63.1 Å². The maximum absolute atomic E-state index is 13.8. The molecule has 20 heavy (non-hydrogen) atoms. The fourth-order valence-corrected chi connectivity index (χ4v) is 1.82. The third-order valence-corrected chi connectivity index (χ3v) is 3.02. The normalized spacial score (nSPS) is 10.4. The van der Waals surface area contributed by atoms with Gasteiger partial charge in [0.15, 0.2) is 0 Å². The van der Waals surface area contributed by atoms with E-state index in [1.807, 2.05) is 0 Å². The number of nitrogens with one attached hydrogen (secondary N) is 1. The SMILES string of the molecule is CN(C)C(=O)NCc1cn(-c2ccc(Br)cc2F)nn1. The van der Waals surface area contributed by atoms with Gasteiger partial charge in [0.2, 0.25) is 0 Å². The Hall–Kier alpha value is -1.96. The number of hydrogen-bond donors (Lipinski definition) is 1. The highest BCUT2D eigenvalue weighted by molar-refractivity contribution is 9.10. The van der Waals surface area contributed by atoms with Crippen LogP contribution in [0.4, 0.5) is 9.18 Å². The minimum Gasteiger partial charge on any atom is -0.332 e. The molecule has 0 aliphatic heterocycles. The molecule has 0 spiro atoms. The first kappa shape index (κ1) is 14.4. The number of halogens is 2. The van der Waals surface area contributed by atoms with Gasteiger partial charge in [0.25, 0.3) is 0 Å². The Morgan fingerprint density at radius 1 is 1.50 bits per heavy atom. The second kappa shape index (κ2) is 6.00. The molecule has 0 atom stereocenters. The zero-order valence-corrected chi connectivity index (χ0v) is 12.6. The van der Waals surface area contributed by atoms with Crippen molar-refractivity contribution in [2.45, 2.75) is 6.54 Å². The Balaban J connectivity index is 2.11. The lowest BCUT2D eigenvalue weighted by Gasteiger charge is -2.10. The van der Waals surface area contributed by atoms with Crippen LogP contribution in [0, 0.1) is 5.82 Å². The van der Waals surface area contributed by atoms with Crippen LogP contribution in [0.25, 0.3) is 5.69 Å². The Labute approximate surface area is 123 Å². The molecule has 1 aromatic carbocycles. The first-order valence-electron chi connectivity index (χ1n) is 5.79. The molecule has 0 aliphatic rings. The summed E-state index contributed by atoms with van der Waals surface area (Å²) >= 11 is 3.19. The average molecular weight is 342 g/mol. The number of benzene rings is 1. The fourth-order valence-electron chi connectivity index (χ4n) is 1.49. The van der Waals surface area contributed by atoms with E-state index in [0.29, 0.717) is 15.9 Å². The van der Waals surface area contributed by atoms with Gasteiger partial charge in [-0.05, 0) is 18.2 Å². The molecule has 2 aromatic rings. The standard InChI is InChI=1S/C12H13BrFN5O/c1-18(2)12(20)15-6-9-7-19(17-16-9)11-4-3-8(13)5-10(11)14/h3-5,7H,6H2,1-2H3,(H,15,20).